The van der Waals surface area contributed by atoms with Gasteiger partial charge in [-0.1, -0.05) is 6.92 Å². The van der Waals surface area contributed by atoms with E-state index in [9.17, 15) is 8.96 Å². The van der Waals surface area contributed by atoms with E-state index < -0.39 is 7.14 Å². The van der Waals surface area contributed by atoms with Gasteiger partial charge in [-0.25, -0.2) is 9.37 Å². The first-order valence-electron chi connectivity index (χ1n) is 5.77. The lowest BCUT2D eigenvalue weighted by Crippen LogP contribution is -2.12. The maximum Gasteiger partial charge on any atom is 0.145 e. The summed E-state index contributed by atoms with van der Waals surface area (Å²) in [6.45, 7) is 5.10. The summed E-state index contributed by atoms with van der Waals surface area (Å²) in [5, 5.41) is 1.08. The Hall–Kier alpha value is -1.41. The second-order valence-electron chi connectivity index (χ2n) is 4.69. The van der Waals surface area contributed by atoms with Crippen LogP contribution in [0.25, 0.3) is 10.9 Å². The Labute approximate surface area is 106 Å². The van der Waals surface area contributed by atoms with Crippen LogP contribution >= 0.6 is 7.14 Å². The van der Waals surface area contributed by atoms with Gasteiger partial charge in [-0.05, 0) is 37.9 Å². The lowest BCUT2D eigenvalue weighted by molar-refractivity contribution is 0.588. The van der Waals surface area contributed by atoms with Crippen LogP contribution in [0, 0.1) is 5.82 Å². The molecule has 1 aromatic heterocycles. The van der Waals surface area contributed by atoms with Gasteiger partial charge in [0.25, 0.3) is 0 Å². The lowest BCUT2D eigenvalue weighted by atomic mass is 10.1. The van der Waals surface area contributed by atoms with Gasteiger partial charge < -0.3 is 10.3 Å². The van der Waals surface area contributed by atoms with Crippen LogP contribution in [0.5, 0.6) is 0 Å². The van der Waals surface area contributed by atoms with E-state index in [1.54, 1.807) is 25.5 Å². The van der Waals surface area contributed by atoms with Gasteiger partial charge in [0.2, 0.25) is 0 Å². The zero-order valence-corrected chi connectivity index (χ0v) is 11.6. The topological polar surface area (TPSA) is 56.0 Å². The molecule has 0 saturated carbocycles. The number of aryl methyl sites for hydroxylation is 1. The predicted octanol–water partition coefficient (Wildman–Crippen LogP) is 2.77. The molecule has 1 aromatic carbocycles. The summed E-state index contributed by atoms with van der Waals surface area (Å²) in [6.07, 6.45) is 0.525. The normalized spacial score (nSPS) is 12.0. The Morgan fingerprint density at radius 1 is 1.39 bits per heavy atom. The van der Waals surface area contributed by atoms with Crippen molar-refractivity contribution in [2.24, 2.45) is 0 Å². The van der Waals surface area contributed by atoms with E-state index in [4.69, 9.17) is 5.73 Å². The van der Waals surface area contributed by atoms with Crippen LogP contribution in [-0.2, 0) is 11.0 Å². The first-order chi connectivity index (χ1) is 8.34. The number of aromatic nitrogens is 1. The number of benzene rings is 1. The number of pyridine rings is 1. The Morgan fingerprint density at radius 2 is 2.06 bits per heavy atom. The third-order valence-corrected chi connectivity index (χ3v) is 4.48. The molecule has 0 amide bonds. The summed E-state index contributed by atoms with van der Waals surface area (Å²) in [4.78, 5) is 4.26. The highest BCUT2D eigenvalue weighted by molar-refractivity contribution is 7.71. The van der Waals surface area contributed by atoms with Gasteiger partial charge in [-0.2, -0.15) is 0 Å². The van der Waals surface area contributed by atoms with Crippen molar-refractivity contribution in [3.8, 4) is 0 Å². The molecule has 0 bridgehead atoms. The number of halogens is 1. The minimum atomic E-state index is -2.58. The Kier molecular flexibility index (Phi) is 3.16. The Morgan fingerprint density at radius 3 is 2.61 bits per heavy atom. The highest BCUT2D eigenvalue weighted by atomic mass is 31.2. The highest BCUT2D eigenvalue weighted by Crippen LogP contribution is 2.40. The number of anilines is 1. The molecule has 0 atom stereocenters. The fourth-order valence-corrected chi connectivity index (χ4v) is 3.57. The van der Waals surface area contributed by atoms with E-state index in [2.05, 4.69) is 4.98 Å². The summed E-state index contributed by atoms with van der Waals surface area (Å²) in [7, 11) is -2.58. The second kappa shape index (κ2) is 4.36. The summed E-state index contributed by atoms with van der Waals surface area (Å²) in [5.41, 5.74) is 7.36. The van der Waals surface area contributed by atoms with Gasteiger partial charge in [-0.15, -0.1) is 0 Å². The first-order valence-corrected chi connectivity index (χ1v) is 8.38. The molecule has 2 N–H and O–H groups in total. The van der Waals surface area contributed by atoms with Crippen LogP contribution in [0.15, 0.2) is 18.2 Å². The van der Waals surface area contributed by atoms with Crippen LogP contribution in [0.3, 0.4) is 0 Å². The number of nitrogens with zero attached hydrogens (tertiary/aromatic N) is 1. The van der Waals surface area contributed by atoms with E-state index in [0.717, 1.165) is 0 Å². The molecule has 0 aliphatic carbocycles. The molecular weight excluding hydrogens is 250 g/mol. The molecule has 0 aliphatic heterocycles. The van der Waals surface area contributed by atoms with Crippen molar-refractivity contribution >= 4 is 29.0 Å². The summed E-state index contributed by atoms with van der Waals surface area (Å²) in [5.74, 6) is -0.370. The average Bonchev–Trinajstić information content (AvgIpc) is 2.26. The molecule has 3 nitrogen and oxygen atoms in total. The number of fused-ring (bicyclic) bond motifs is 1. The molecule has 0 fully saturated rings. The largest absolute Gasteiger partial charge is 0.398 e. The van der Waals surface area contributed by atoms with Crippen molar-refractivity contribution in [3.05, 3.63) is 29.7 Å². The Bertz CT molecular complexity index is 664. The van der Waals surface area contributed by atoms with Crippen LogP contribution in [0.4, 0.5) is 10.1 Å². The number of nitrogen functional groups attached to an aromatic ring is 1. The van der Waals surface area contributed by atoms with Gasteiger partial charge in [0.1, 0.15) is 13.0 Å². The van der Waals surface area contributed by atoms with Gasteiger partial charge in [0, 0.05) is 16.4 Å². The standard InChI is InChI=1S/C13H16FN2OP/c1-4-11-9(14)7-8-12(16-11)6-5-10(15)13(8)18(2,3)17/h5-7H,4,15H2,1-3H3. The third-order valence-electron chi connectivity index (χ3n) is 2.90. The van der Waals surface area contributed by atoms with E-state index in [1.807, 2.05) is 6.92 Å². The fraction of sp³-hybridized carbons (Fsp3) is 0.308. The third kappa shape index (κ3) is 2.13. The molecule has 0 radical (unpaired) electrons. The second-order valence-corrected chi connectivity index (χ2v) is 7.84. The van der Waals surface area contributed by atoms with Gasteiger partial charge in [0.05, 0.1) is 11.2 Å². The molecular formula is C13H16FN2OP. The van der Waals surface area contributed by atoms with Crippen molar-refractivity contribution < 1.29 is 8.96 Å². The summed E-state index contributed by atoms with van der Waals surface area (Å²) >= 11 is 0. The highest BCUT2D eigenvalue weighted by Gasteiger charge is 2.20. The van der Waals surface area contributed by atoms with E-state index >= 15 is 0 Å². The number of nitrogens with two attached hydrogens (primary N) is 1. The van der Waals surface area contributed by atoms with Crippen molar-refractivity contribution in [2.45, 2.75) is 13.3 Å². The quantitative estimate of drug-likeness (QED) is 0.671. The zero-order valence-electron chi connectivity index (χ0n) is 10.7. The SMILES string of the molecule is CCc1nc2ccc(N)c(P(C)(C)=O)c2cc1F. The van der Waals surface area contributed by atoms with Crippen LogP contribution in [-0.4, -0.2) is 18.3 Å². The molecule has 18 heavy (non-hydrogen) atoms. The molecule has 2 rings (SSSR count). The molecule has 0 aliphatic rings. The maximum absolute atomic E-state index is 13.8. The minimum Gasteiger partial charge on any atom is -0.398 e. The summed E-state index contributed by atoms with van der Waals surface area (Å²) < 4.78 is 26.1. The average molecular weight is 266 g/mol. The maximum atomic E-state index is 13.8. The number of hydrogen-bond donors (Lipinski definition) is 1. The van der Waals surface area contributed by atoms with Gasteiger partial charge >= 0.3 is 0 Å². The molecule has 0 saturated heterocycles. The fourth-order valence-electron chi connectivity index (χ4n) is 2.11. The van der Waals surface area contributed by atoms with Gasteiger partial charge in [0.15, 0.2) is 0 Å². The zero-order chi connectivity index (χ0) is 13.5. The number of rotatable bonds is 2. The molecule has 0 unspecified atom stereocenters. The molecule has 1 heterocycles. The van der Waals surface area contributed by atoms with Crippen molar-refractivity contribution in [2.75, 3.05) is 19.1 Å². The Balaban J connectivity index is 2.90. The first kappa shape index (κ1) is 13.0. The van der Waals surface area contributed by atoms with E-state index in [0.29, 0.717) is 34.0 Å². The molecule has 2 aromatic rings. The number of hydrogen-bond acceptors (Lipinski definition) is 3. The van der Waals surface area contributed by atoms with Crippen molar-refractivity contribution in [1.82, 2.24) is 4.98 Å². The van der Waals surface area contributed by atoms with E-state index in [-0.39, 0.29) is 5.82 Å². The van der Waals surface area contributed by atoms with Gasteiger partial charge in [-0.3, -0.25) is 0 Å². The van der Waals surface area contributed by atoms with Crippen molar-refractivity contribution in [3.63, 3.8) is 0 Å². The molecule has 96 valence electrons. The minimum absolute atomic E-state index is 0.370. The predicted molar refractivity (Wildman–Crippen MR) is 74.6 cm³/mol. The lowest BCUT2D eigenvalue weighted by Gasteiger charge is -2.14. The van der Waals surface area contributed by atoms with E-state index in [1.165, 1.54) is 6.07 Å². The monoisotopic (exact) mass is 266 g/mol. The molecule has 5 heteroatoms. The van der Waals surface area contributed by atoms with Crippen LogP contribution in [0.1, 0.15) is 12.6 Å². The van der Waals surface area contributed by atoms with Crippen LogP contribution in [0.2, 0.25) is 0 Å². The molecule has 0 spiro atoms. The summed E-state index contributed by atoms with van der Waals surface area (Å²) in [6, 6.07) is 4.82. The van der Waals surface area contributed by atoms with Crippen LogP contribution < -0.4 is 11.0 Å². The smallest absolute Gasteiger partial charge is 0.145 e. The van der Waals surface area contributed by atoms with Crippen molar-refractivity contribution in [1.29, 1.82) is 0 Å².